The van der Waals surface area contributed by atoms with E-state index in [-0.39, 0.29) is 24.3 Å². The predicted octanol–water partition coefficient (Wildman–Crippen LogP) is -1.15. The van der Waals surface area contributed by atoms with E-state index in [1.165, 1.54) is 0 Å². The van der Waals surface area contributed by atoms with Crippen LogP contribution in [0.5, 0.6) is 0 Å². The summed E-state index contributed by atoms with van der Waals surface area (Å²) in [6.07, 6.45) is 0.349. The van der Waals surface area contributed by atoms with Gasteiger partial charge < -0.3 is 21.1 Å². The maximum absolute atomic E-state index is 11.3. The summed E-state index contributed by atoms with van der Waals surface area (Å²) in [7, 11) is 1.56. The monoisotopic (exact) mass is 231 g/mol. The summed E-state index contributed by atoms with van der Waals surface area (Å²) < 4.78 is 4.77. The van der Waals surface area contributed by atoms with Crippen molar-refractivity contribution in [3.05, 3.63) is 0 Å². The molecule has 1 atom stereocenters. The van der Waals surface area contributed by atoms with Crippen LogP contribution in [0.2, 0.25) is 0 Å². The van der Waals surface area contributed by atoms with Crippen LogP contribution < -0.4 is 16.4 Å². The Balaban J connectivity index is 3.55. The fraction of sp³-hybridized carbons (Fsp3) is 0.800. The van der Waals surface area contributed by atoms with E-state index < -0.39 is 0 Å². The molecule has 0 radical (unpaired) electrons. The number of hydrogen-bond donors (Lipinski definition) is 3. The van der Waals surface area contributed by atoms with E-state index >= 15 is 0 Å². The van der Waals surface area contributed by atoms with Gasteiger partial charge in [0.25, 0.3) is 0 Å². The number of nitrogens with one attached hydrogen (secondary N) is 2. The normalized spacial score (nSPS) is 11.9. The molecule has 0 aliphatic carbocycles. The lowest BCUT2D eigenvalue weighted by molar-refractivity contribution is -0.126. The molecule has 0 aliphatic heterocycles. The second kappa shape index (κ2) is 9.11. The summed E-state index contributed by atoms with van der Waals surface area (Å²) in [5.41, 5.74) is 5.38. The van der Waals surface area contributed by atoms with Crippen LogP contribution in [0.1, 0.15) is 13.3 Å². The average molecular weight is 231 g/mol. The van der Waals surface area contributed by atoms with Crippen molar-refractivity contribution in [2.45, 2.75) is 13.3 Å². The van der Waals surface area contributed by atoms with Gasteiger partial charge in [-0.05, 0) is 12.5 Å². The lowest BCUT2D eigenvalue weighted by Gasteiger charge is -2.09. The highest BCUT2D eigenvalue weighted by atomic mass is 16.5. The first-order valence-corrected chi connectivity index (χ1v) is 5.32. The van der Waals surface area contributed by atoms with Crippen molar-refractivity contribution < 1.29 is 14.3 Å². The van der Waals surface area contributed by atoms with Crippen LogP contribution in [-0.4, -0.2) is 45.2 Å². The SMILES string of the molecule is COCCNC(=O)CNC(=O)CC(C)CN. The van der Waals surface area contributed by atoms with Crippen molar-refractivity contribution >= 4 is 11.8 Å². The molecule has 0 fully saturated rings. The summed E-state index contributed by atoms with van der Waals surface area (Å²) in [5, 5.41) is 5.13. The van der Waals surface area contributed by atoms with Gasteiger partial charge in [0.2, 0.25) is 11.8 Å². The van der Waals surface area contributed by atoms with Crippen LogP contribution in [0.4, 0.5) is 0 Å². The van der Waals surface area contributed by atoms with Gasteiger partial charge in [-0.25, -0.2) is 0 Å². The predicted molar refractivity (Wildman–Crippen MR) is 60.7 cm³/mol. The molecular weight excluding hydrogens is 210 g/mol. The molecule has 2 amide bonds. The molecule has 0 heterocycles. The van der Waals surface area contributed by atoms with Crippen LogP contribution in [0.25, 0.3) is 0 Å². The molecular formula is C10H21N3O3. The first-order valence-electron chi connectivity index (χ1n) is 5.32. The van der Waals surface area contributed by atoms with Gasteiger partial charge in [0.1, 0.15) is 0 Å². The summed E-state index contributed by atoms with van der Waals surface area (Å²) in [6.45, 7) is 3.26. The Morgan fingerprint density at radius 2 is 2.00 bits per heavy atom. The zero-order valence-electron chi connectivity index (χ0n) is 9.91. The standard InChI is InChI=1S/C10H21N3O3/c1-8(6-11)5-9(14)13-7-10(15)12-3-4-16-2/h8H,3-7,11H2,1-2H3,(H,12,15)(H,13,14). The van der Waals surface area contributed by atoms with Crippen LogP contribution in [0.3, 0.4) is 0 Å². The molecule has 0 aromatic rings. The number of carbonyl (C=O) groups excluding carboxylic acids is 2. The molecule has 16 heavy (non-hydrogen) atoms. The van der Waals surface area contributed by atoms with Crippen LogP contribution in [-0.2, 0) is 14.3 Å². The molecule has 0 saturated carbocycles. The number of carbonyl (C=O) groups is 2. The van der Waals surface area contributed by atoms with E-state index in [2.05, 4.69) is 10.6 Å². The van der Waals surface area contributed by atoms with Gasteiger partial charge >= 0.3 is 0 Å². The number of nitrogens with two attached hydrogens (primary N) is 1. The maximum Gasteiger partial charge on any atom is 0.239 e. The van der Waals surface area contributed by atoms with Gasteiger partial charge in [0.05, 0.1) is 13.2 Å². The molecule has 0 aliphatic rings. The smallest absolute Gasteiger partial charge is 0.239 e. The molecule has 0 spiro atoms. The third-order valence-corrected chi connectivity index (χ3v) is 2.01. The third-order valence-electron chi connectivity index (χ3n) is 2.01. The van der Waals surface area contributed by atoms with Crippen molar-refractivity contribution in [1.29, 1.82) is 0 Å². The number of amides is 2. The van der Waals surface area contributed by atoms with E-state index in [1.807, 2.05) is 6.92 Å². The molecule has 6 nitrogen and oxygen atoms in total. The Labute approximate surface area is 95.9 Å². The number of rotatable bonds is 8. The van der Waals surface area contributed by atoms with Crippen LogP contribution in [0.15, 0.2) is 0 Å². The highest BCUT2D eigenvalue weighted by Crippen LogP contribution is 1.97. The summed E-state index contributed by atoms with van der Waals surface area (Å²) in [6, 6.07) is 0. The second-order valence-corrected chi connectivity index (χ2v) is 3.66. The Morgan fingerprint density at radius 3 is 2.56 bits per heavy atom. The summed E-state index contributed by atoms with van der Waals surface area (Å²) in [5.74, 6) is -0.234. The summed E-state index contributed by atoms with van der Waals surface area (Å²) >= 11 is 0. The lowest BCUT2D eigenvalue weighted by Crippen LogP contribution is -2.38. The number of methoxy groups -OCH3 is 1. The molecule has 0 aromatic heterocycles. The topological polar surface area (TPSA) is 93.5 Å². The number of ether oxygens (including phenoxy) is 1. The fourth-order valence-corrected chi connectivity index (χ4v) is 1.01. The van der Waals surface area contributed by atoms with E-state index in [9.17, 15) is 9.59 Å². The highest BCUT2D eigenvalue weighted by Gasteiger charge is 2.08. The zero-order chi connectivity index (χ0) is 12.4. The molecule has 0 aromatic carbocycles. The molecule has 1 unspecified atom stereocenters. The quantitative estimate of drug-likeness (QED) is 0.460. The van der Waals surface area contributed by atoms with Gasteiger partial charge in [-0.1, -0.05) is 6.92 Å². The molecule has 0 saturated heterocycles. The minimum atomic E-state index is -0.217. The van der Waals surface area contributed by atoms with Gasteiger partial charge in [-0.15, -0.1) is 0 Å². The van der Waals surface area contributed by atoms with Gasteiger partial charge in [0, 0.05) is 20.1 Å². The maximum atomic E-state index is 11.3. The molecule has 0 rings (SSSR count). The Bertz CT molecular complexity index is 221. The summed E-state index contributed by atoms with van der Waals surface area (Å²) in [4.78, 5) is 22.4. The van der Waals surface area contributed by atoms with Crippen molar-refractivity contribution in [3.8, 4) is 0 Å². The molecule has 0 bridgehead atoms. The minimum absolute atomic E-state index is 0.000160. The third kappa shape index (κ3) is 8.19. The van der Waals surface area contributed by atoms with Crippen LogP contribution >= 0.6 is 0 Å². The van der Waals surface area contributed by atoms with Crippen molar-refractivity contribution in [1.82, 2.24) is 10.6 Å². The minimum Gasteiger partial charge on any atom is -0.383 e. The number of hydrogen-bond acceptors (Lipinski definition) is 4. The van der Waals surface area contributed by atoms with Crippen molar-refractivity contribution in [2.75, 3.05) is 33.4 Å². The van der Waals surface area contributed by atoms with E-state index in [0.29, 0.717) is 26.1 Å². The van der Waals surface area contributed by atoms with Crippen molar-refractivity contribution in [2.24, 2.45) is 11.7 Å². The largest absolute Gasteiger partial charge is 0.383 e. The Kier molecular flexibility index (Phi) is 8.46. The zero-order valence-corrected chi connectivity index (χ0v) is 9.91. The lowest BCUT2D eigenvalue weighted by atomic mass is 10.1. The highest BCUT2D eigenvalue weighted by molar-refractivity contribution is 5.84. The Morgan fingerprint density at radius 1 is 1.31 bits per heavy atom. The average Bonchev–Trinajstić information content (AvgIpc) is 2.26. The Hall–Kier alpha value is -1.14. The second-order valence-electron chi connectivity index (χ2n) is 3.66. The first kappa shape index (κ1) is 14.9. The van der Waals surface area contributed by atoms with E-state index in [4.69, 9.17) is 10.5 Å². The molecule has 6 heteroatoms. The molecule has 94 valence electrons. The van der Waals surface area contributed by atoms with Gasteiger partial charge in [0.15, 0.2) is 0 Å². The van der Waals surface area contributed by atoms with Gasteiger partial charge in [-0.2, -0.15) is 0 Å². The molecule has 4 N–H and O–H groups in total. The van der Waals surface area contributed by atoms with E-state index in [0.717, 1.165) is 0 Å². The van der Waals surface area contributed by atoms with Gasteiger partial charge in [-0.3, -0.25) is 9.59 Å². The van der Waals surface area contributed by atoms with Crippen LogP contribution in [0, 0.1) is 5.92 Å². The fourth-order valence-electron chi connectivity index (χ4n) is 1.01. The first-order chi connectivity index (χ1) is 7.60. The van der Waals surface area contributed by atoms with E-state index in [1.54, 1.807) is 7.11 Å². The van der Waals surface area contributed by atoms with Crippen molar-refractivity contribution in [3.63, 3.8) is 0 Å².